The second kappa shape index (κ2) is 11.0. The molecule has 0 spiro atoms. The van der Waals surface area contributed by atoms with Gasteiger partial charge < -0.3 is 20.1 Å². The molecule has 0 aliphatic carbocycles. The van der Waals surface area contributed by atoms with E-state index in [-0.39, 0.29) is 41.9 Å². The zero-order chi connectivity index (χ0) is 26.8. The largest absolute Gasteiger partial charge is 0.487 e. The van der Waals surface area contributed by atoms with Crippen molar-refractivity contribution < 1.29 is 36.2 Å². The number of rotatable bonds is 5. The van der Waals surface area contributed by atoms with Crippen LogP contribution in [0.15, 0.2) is 51.8 Å². The number of urea groups is 1. The van der Waals surface area contributed by atoms with Crippen LogP contribution in [0.1, 0.15) is 19.4 Å². The number of hydrogen-bond acceptors (Lipinski definition) is 5. The van der Waals surface area contributed by atoms with Crippen LogP contribution in [0.25, 0.3) is 0 Å². The average molecular weight is 594 g/mol. The Morgan fingerprint density at radius 3 is 2.50 bits per heavy atom. The lowest BCUT2D eigenvalue weighted by Crippen LogP contribution is -2.50. The third-order valence-corrected chi connectivity index (χ3v) is 8.41. The summed E-state index contributed by atoms with van der Waals surface area (Å²) in [4.78, 5) is 14.0. The Labute approximate surface area is 216 Å². The lowest BCUT2D eigenvalue weighted by molar-refractivity contribution is -0.137. The molecule has 36 heavy (non-hydrogen) atoms. The molecule has 1 heterocycles. The second-order valence-electron chi connectivity index (χ2n) is 8.72. The standard InChI is InChI=1S/C23H27BrF3N3O5S/c1-14-11-30(15(2)13-31)36(33,34)21-9-6-17(24)10-19(21)35-20(14)12-29(3)22(32)28-18-7-4-16(5-8-18)23(25,26)27/h4-10,14-15,20,31H,11-13H2,1-3H3,(H,28,32)/t14-,15+,20+/m1/s1. The van der Waals surface area contributed by atoms with Gasteiger partial charge in [0.15, 0.2) is 0 Å². The molecule has 0 unspecified atom stereocenters. The minimum atomic E-state index is -4.48. The molecule has 13 heteroatoms. The van der Waals surface area contributed by atoms with Crippen molar-refractivity contribution in [1.29, 1.82) is 0 Å². The number of aliphatic hydroxyl groups is 1. The number of likely N-dealkylation sites (N-methyl/N-ethyl adjacent to an activating group) is 1. The second-order valence-corrected chi connectivity index (χ2v) is 11.5. The summed E-state index contributed by atoms with van der Waals surface area (Å²) in [6.07, 6.45) is -5.11. The molecule has 2 N–H and O–H groups in total. The lowest BCUT2D eigenvalue weighted by atomic mass is 10.0. The van der Waals surface area contributed by atoms with Gasteiger partial charge in [0.2, 0.25) is 10.0 Å². The van der Waals surface area contributed by atoms with Gasteiger partial charge in [0.1, 0.15) is 16.7 Å². The summed E-state index contributed by atoms with van der Waals surface area (Å²) in [6, 6.07) is 7.34. The van der Waals surface area contributed by atoms with Crippen LogP contribution in [0.4, 0.5) is 23.7 Å². The van der Waals surface area contributed by atoms with E-state index in [0.717, 1.165) is 24.3 Å². The SMILES string of the molecule is C[C@@H]1CN([C@@H](C)CO)S(=O)(=O)c2ccc(Br)cc2O[C@H]1CN(C)C(=O)Nc1ccc(C(F)(F)F)cc1. The maximum atomic E-state index is 13.3. The summed E-state index contributed by atoms with van der Waals surface area (Å²) in [5, 5.41) is 12.2. The van der Waals surface area contributed by atoms with E-state index in [9.17, 15) is 31.5 Å². The van der Waals surface area contributed by atoms with Gasteiger partial charge in [-0.25, -0.2) is 13.2 Å². The van der Waals surface area contributed by atoms with Crippen molar-refractivity contribution in [2.75, 3.05) is 32.1 Å². The van der Waals surface area contributed by atoms with Crippen molar-refractivity contribution in [1.82, 2.24) is 9.21 Å². The highest BCUT2D eigenvalue weighted by atomic mass is 79.9. The number of amides is 2. The molecule has 2 aromatic carbocycles. The van der Waals surface area contributed by atoms with Crippen molar-refractivity contribution in [2.45, 2.75) is 37.1 Å². The predicted molar refractivity (Wildman–Crippen MR) is 131 cm³/mol. The normalized spacial score (nSPS) is 20.9. The number of halogens is 4. The van der Waals surface area contributed by atoms with Crippen LogP contribution in [0.2, 0.25) is 0 Å². The van der Waals surface area contributed by atoms with Gasteiger partial charge in [-0.2, -0.15) is 17.5 Å². The van der Waals surface area contributed by atoms with Crippen LogP contribution < -0.4 is 10.1 Å². The summed E-state index contributed by atoms with van der Waals surface area (Å²) >= 11 is 3.32. The summed E-state index contributed by atoms with van der Waals surface area (Å²) in [5.74, 6) is -0.283. The monoisotopic (exact) mass is 593 g/mol. The van der Waals surface area contributed by atoms with Crippen LogP contribution in [0, 0.1) is 5.92 Å². The number of aliphatic hydroxyl groups excluding tert-OH is 1. The molecule has 0 fully saturated rings. The Balaban J connectivity index is 1.83. The van der Waals surface area contributed by atoms with Gasteiger partial charge in [-0.15, -0.1) is 0 Å². The highest BCUT2D eigenvalue weighted by Crippen LogP contribution is 2.35. The number of carbonyl (C=O) groups is 1. The maximum Gasteiger partial charge on any atom is 0.416 e. The van der Waals surface area contributed by atoms with Gasteiger partial charge in [-0.05, 0) is 49.4 Å². The third-order valence-electron chi connectivity index (χ3n) is 5.89. The zero-order valence-electron chi connectivity index (χ0n) is 19.8. The van der Waals surface area contributed by atoms with E-state index in [1.807, 2.05) is 0 Å². The molecule has 3 atom stereocenters. The van der Waals surface area contributed by atoms with Crippen molar-refractivity contribution in [3.8, 4) is 5.75 Å². The molecule has 0 aromatic heterocycles. The molecule has 1 aliphatic rings. The summed E-state index contributed by atoms with van der Waals surface area (Å²) < 4.78 is 72.9. The van der Waals surface area contributed by atoms with Gasteiger partial charge in [0.25, 0.3) is 0 Å². The summed E-state index contributed by atoms with van der Waals surface area (Å²) in [7, 11) is -2.47. The number of sulfonamides is 1. The van der Waals surface area contributed by atoms with E-state index in [2.05, 4.69) is 21.2 Å². The third kappa shape index (κ3) is 6.31. The Bertz CT molecular complexity index is 1190. The van der Waals surface area contributed by atoms with Crippen LogP contribution in [0.3, 0.4) is 0 Å². The summed E-state index contributed by atoms with van der Waals surface area (Å²) in [6.45, 7) is 3.10. The molecule has 3 rings (SSSR count). The number of nitrogens with one attached hydrogen (secondary N) is 1. The van der Waals surface area contributed by atoms with E-state index in [0.29, 0.717) is 4.47 Å². The highest BCUT2D eigenvalue weighted by molar-refractivity contribution is 9.10. The fourth-order valence-corrected chi connectivity index (χ4v) is 5.90. The molecular formula is C23H27BrF3N3O5S. The van der Waals surface area contributed by atoms with Gasteiger partial charge in [-0.1, -0.05) is 22.9 Å². The van der Waals surface area contributed by atoms with E-state index in [4.69, 9.17) is 4.74 Å². The van der Waals surface area contributed by atoms with Crippen molar-refractivity contribution >= 4 is 37.7 Å². The van der Waals surface area contributed by atoms with Gasteiger partial charge in [0, 0.05) is 35.7 Å². The number of carbonyl (C=O) groups excluding carboxylic acids is 1. The molecule has 198 valence electrons. The average Bonchev–Trinajstić information content (AvgIpc) is 2.80. The van der Waals surface area contributed by atoms with Crippen LogP contribution >= 0.6 is 15.9 Å². The zero-order valence-corrected chi connectivity index (χ0v) is 22.2. The molecule has 2 amide bonds. The fraction of sp³-hybridized carbons (Fsp3) is 0.435. The first kappa shape index (κ1) is 28.2. The maximum absolute atomic E-state index is 13.3. The van der Waals surface area contributed by atoms with Crippen LogP contribution in [-0.4, -0.2) is 67.7 Å². The molecule has 8 nitrogen and oxygen atoms in total. The number of fused-ring (bicyclic) bond motifs is 1. The number of nitrogens with zero attached hydrogens (tertiary/aromatic N) is 2. The van der Waals surface area contributed by atoms with E-state index in [1.54, 1.807) is 19.9 Å². The minimum absolute atomic E-state index is 0.0403. The molecule has 0 bridgehead atoms. The Morgan fingerprint density at radius 2 is 1.92 bits per heavy atom. The van der Waals surface area contributed by atoms with Crippen molar-refractivity contribution in [3.63, 3.8) is 0 Å². The molecule has 1 aliphatic heterocycles. The first-order valence-electron chi connectivity index (χ1n) is 11.0. The molecule has 2 aromatic rings. The number of hydrogen-bond donors (Lipinski definition) is 2. The number of ether oxygens (including phenoxy) is 1. The fourth-order valence-electron chi connectivity index (χ4n) is 3.73. The number of alkyl halides is 3. The Morgan fingerprint density at radius 1 is 1.28 bits per heavy atom. The Hall–Kier alpha value is -2.35. The van der Waals surface area contributed by atoms with Crippen molar-refractivity contribution in [2.24, 2.45) is 5.92 Å². The minimum Gasteiger partial charge on any atom is -0.487 e. The first-order chi connectivity index (χ1) is 16.7. The topological polar surface area (TPSA) is 99.2 Å². The summed E-state index contributed by atoms with van der Waals surface area (Å²) in [5.41, 5.74) is -0.637. The quantitative estimate of drug-likeness (QED) is 0.535. The van der Waals surface area contributed by atoms with E-state index >= 15 is 0 Å². The molecular weight excluding hydrogens is 567 g/mol. The number of anilines is 1. The predicted octanol–water partition coefficient (Wildman–Crippen LogP) is 4.40. The van der Waals surface area contributed by atoms with E-state index in [1.165, 1.54) is 28.4 Å². The Kier molecular flexibility index (Phi) is 8.59. The number of benzene rings is 2. The molecule has 0 radical (unpaired) electrons. The van der Waals surface area contributed by atoms with Crippen molar-refractivity contribution in [3.05, 3.63) is 52.5 Å². The highest BCUT2D eigenvalue weighted by Gasteiger charge is 2.38. The molecule has 0 saturated carbocycles. The first-order valence-corrected chi connectivity index (χ1v) is 13.3. The van der Waals surface area contributed by atoms with E-state index < -0.39 is 39.9 Å². The lowest BCUT2D eigenvalue weighted by Gasteiger charge is -2.37. The van der Waals surface area contributed by atoms with Gasteiger partial charge in [-0.3, -0.25) is 0 Å². The smallest absolute Gasteiger partial charge is 0.416 e. The van der Waals surface area contributed by atoms with Crippen LogP contribution in [-0.2, 0) is 16.2 Å². The van der Waals surface area contributed by atoms with Gasteiger partial charge in [0.05, 0.1) is 18.7 Å². The van der Waals surface area contributed by atoms with Crippen LogP contribution in [0.5, 0.6) is 5.75 Å². The molecule has 0 saturated heterocycles. The van der Waals surface area contributed by atoms with Gasteiger partial charge >= 0.3 is 12.2 Å².